The first-order chi connectivity index (χ1) is 12.6. The van der Waals surface area contributed by atoms with Crippen molar-refractivity contribution >= 4 is 17.5 Å². The first kappa shape index (κ1) is 18.1. The average Bonchev–Trinajstić information content (AvgIpc) is 2.68. The predicted molar refractivity (Wildman–Crippen MR) is 104 cm³/mol. The Hall–Kier alpha value is -2.66. The van der Waals surface area contributed by atoms with Gasteiger partial charge in [-0.2, -0.15) is 0 Å². The van der Waals surface area contributed by atoms with Crippen molar-refractivity contribution in [2.75, 3.05) is 38.5 Å². The van der Waals surface area contributed by atoms with Crippen molar-refractivity contribution in [3.8, 4) is 0 Å². The number of hydrogen-bond donors (Lipinski definition) is 1. The first-order valence-electron chi connectivity index (χ1n) is 9.05. The van der Waals surface area contributed by atoms with E-state index >= 15 is 0 Å². The molecule has 5 heteroatoms. The van der Waals surface area contributed by atoms with E-state index in [1.54, 1.807) is 12.1 Å². The van der Waals surface area contributed by atoms with E-state index in [1.807, 2.05) is 41.3 Å². The summed E-state index contributed by atoms with van der Waals surface area (Å²) in [7, 11) is 2.06. The molecule has 0 unspecified atom stereocenters. The zero-order valence-corrected chi connectivity index (χ0v) is 15.4. The van der Waals surface area contributed by atoms with Crippen LogP contribution in [0.15, 0.2) is 48.5 Å². The van der Waals surface area contributed by atoms with Gasteiger partial charge in [0.05, 0.1) is 11.3 Å². The van der Waals surface area contributed by atoms with Crippen LogP contribution in [0.25, 0.3) is 0 Å². The maximum atomic E-state index is 12.9. The number of aryl methyl sites for hydroxylation is 1. The number of hydrogen-bond acceptors (Lipinski definition) is 3. The van der Waals surface area contributed by atoms with Crippen molar-refractivity contribution in [2.24, 2.45) is 0 Å². The second-order valence-corrected chi connectivity index (χ2v) is 6.65. The van der Waals surface area contributed by atoms with Crippen LogP contribution in [0.3, 0.4) is 0 Å². The molecule has 1 saturated heterocycles. The highest BCUT2D eigenvalue weighted by Crippen LogP contribution is 2.19. The second-order valence-electron chi connectivity index (χ2n) is 6.65. The Morgan fingerprint density at radius 1 is 0.962 bits per heavy atom. The molecular formula is C21H25N3O2. The standard InChI is InChI=1S/C21H25N3O2/c1-3-16-8-10-17(11-9-16)20(25)22-19-7-5-4-6-18(19)21(26)24-14-12-23(2)13-15-24/h4-11H,3,12-15H2,1-2H3,(H,22,25). The zero-order chi connectivity index (χ0) is 18.5. The van der Waals surface area contributed by atoms with Gasteiger partial charge in [-0.3, -0.25) is 9.59 Å². The third kappa shape index (κ3) is 4.11. The minimum absolute atomic E-state index is 0.0321. The number of para-hydroxylation sites is 1. The van der Waals surface area contributed by atoms with Crippen LogP contribution in [0.2, 0.25) is 0 Å². The van der Waals surface area contributed by atoms with Crippen molar-refractivity contribution < 1.29 is 9.59 Å². The van der Waals surface area contributed by atoms with Gasteiger partial charge in [0, 0.05) is 31.7 Å². The minimum Gasteiger partial charge on any atom is -0.336 e. The lowest BCUT2D eigenvalue weighted by Gasteiger charge is -2.32. The van der Waals surface area contributed by atoms with Gasteiger partial charge in [-0.15, -0.1) is 0 Å². The molecule has 0 aliphatic carbocycles. The molecular weight excluding hydrogens is 326 g/mol. The number of carbonyl (C=O) groups is 2. The quantitative estimate of drug-likeness (QED) is 0.921. The number of carbonyl (C=O) groups excluding carboxylic acids is 2. The number of piperazine rings is 1. The van der Waals surface area contributed by atoms with Gasteiger partial charge < -0.3 is 15.1 Å². The summed E-state index contributed by atoms with van der Waals surface area (Å²) in [5.41, 5.74) is 2.87. The molecule has 26 heavy (non-hydrogen) atoms. The summed E-state index contributed by atoms with van der Waals surface area (Å²) >= 11 is 0. The van der Waals surface area contributed by atoms with Gasteiger partial charge in [0.15, 0.2) is 0 Å². The fourth-order valence-electron chi connectivity index (χ4n) is 3.04. The summed E-state index contributed by atoms with van der Waals surface area (Å²) < 4.78 is 0. The van der Waals surface area contributed by atoms with Gasteiger partial charge in [0.25, 0.3) is 11.8 Å². The van der Waals surface area contributed by atoms with E-state index in [0.29, 0.717) is 29.9 Å². The number of benzene rings is 2. The topological polar surface area (TPSA) is 52.7 Å². The number of amides is 2. The Morgan fingerprint density at radius 2 is 1.62 bits per heavy atom. The highest BCUT2D eigenvalue weighted by Gasteiger charge is 2.23. The van der Waals surface area contributed by atoms with Crippen LogP contribution < -0.4 is 5.32 Å². The third-order valence-electron chi connectivity index (χ3n) is 4.82. The van der Waals surface area contributed by atoms with Gasteiger partial charge in [0.1, 0.15) is 0 Å². The van der Waals surface area contributed by atoms with Crippen LogP contribution in [-0.4, -0.2) is 54.8 Å². The molecule has 0 radical (unpaired) electrons. The van der Waals surface area contributed by atoms with Crippen molar-refractivity contribution in [1.82, 2.24) is 9.80 Å². The Bertz CT molecular complexity index is 778. The second kappa shape index (κ2) is 8.15. The summed E-state index contributed by atoms with van der Waals surface area (Å²) in [6, 6.07) is 14.8. The van der Waals surface area contributed by atoms with Crippen LogP contribution >= 0.6 is 0 Å². The number of anilines is 1. The van der Waals surface area contributed by atoms with E-state index in [4.69, 9.17) is 0 Å². The molecule has 5 nitrogen and oxygen atoms in total. The number of rotatable bonds is 4. The van der Waals surface area contributed by atoms with E-state index in [0.717, 1.165) is 19.5 Å². The van der Waals surface area contributed by atoms with E-state index in [1.165, 1.54) is 5.56 Å². The molecule has 1 aliphatic rings. The van der Waals surface area contributed by atoms with Crippen molar-refractivity contribution in [2.45, 2.75) is 13.3 Å². The lowest BCUT2D eigenvalue weighted by atomic mass is 10.1. The molecule has 1 aliphatic heterocycles. The van der Waals surface area contributed by atoms with Crippen molar-refractivity contribution in [1.29, 1.82) is 0 Å². The molecule has 0 aromatic heterocycles. The van der Waals surface area contributed by atoms with Crippen LogP contribution in [0, 0.1) is 0 Å². The fourth-order valence-corrected chi connectivity index (χ4v) is 3.04. The molecule has 2 aromatic rings. The molecule has 2 amide bonds. The molecule has 136 valence electrons. The number of nitrogens with zero attached hydrogens (tertiary/aromatic N) is 2. The first-order valence-corrected chi connectivity index (χ1v) is 9.05. The summed E-state index contributed by atoms with van der Waals surface area (Å²) in [5.74, 6) is -0.235. The minimum atomic E-state index is -0.203. The van der Waals surface area contributed by atoms with Gasteiger partial charge in [0.2, 0.25) is 0 Å². The van der Waals surface area contributed by atoms with Crippen molar-refractivity contribution in [3.05, 3.63) is 65.2 Å². The predicted octanol–water partition coefficient (Wildman–Crippen LogP) is 2.89. The van der Waals surface area contributed by atoms with E-state index in [9.17, 15) is 9.59 Å². The SMILES string of the molecule is CCc1ccc(C(=O)Nc2ccccc2C(=O)N2CCN(C)CC2)cc1. The Balaban J connectivity index is 1.76. The summed E-state index contributed by atoms with van der Waals surface area (Å²) in [6.45, 7) is 5.22. The highest BCUT2D eigenvalue weighted by atomic mass is 16.2. The molecule has 1 heterocycles. The normalized spacial score (nSPS) is 14.9. The molecule has 0 bridgehead atoms. The highest BCUT2D eigenvalue weighted by molar-refractivity contribution is 6.09. The Kier molecular flexibility index (Phi) is 5.68. The zero-order valence-electron chi connectivity index (χ0n) is 15.4. The Morgan fingerprint density at radius 3 is 2.27 bits per heavy atom. The fraction of sp³-hybridized carbons (Fsp3) is 0.333. The van der Waals surface area contributed by atoms with Crippen LogP contribution in [0.5, 0.6) is 0 Å². The van der Waals surface area contributed by atoms with Crippen LogP contribution in [-0.2, 0) is 6.42 Å². The van der Waals surface area contributed by atoms with E-state index < -0.39 is 0 Å². The molecule has 1 fully saturated rings. The maximum Gasteiger partial charge on any atom is 0.256 e. The monoisotopic (exact) mass is 351 g/mol. The van der Waals surface area contributed by atoms with Gasteiger partial charge in [-0.1, -0.05) is 31.2 Å². The van der Waals surface area contributed by atoms with Gasteiger partial charge >= 0.3 is 0 Å². The summed E-state index contributed by atoms with van der Waals surface area (Å²) in [6.07, 6.45) is 0.935. The van der Waals surface area contributed by atoms with E-state index in [-0.39, 0.29) is 11.8 Å². The van der Waals surface area contributed by atoms with Crippen molar-refractivity contribution in [3.63, 3.8) is 0 Å². The molecule has 0 saturated carbocycles. The smallest absolute Gasteiger partial charge is 0.256 e. The third-order valence-corrected chi connectivity index (χ3v) is 4.82. The lowest BCUT2D eigenvalue weighted by molar-refractivity contribution is 0.0665. The van der Waals surface area contributed by atoms with Crippen LogP contribution in [0.1, 0.15) is 33.2 Å². The van der Waals surface area contributed by atoms with Crippen LogP contribution in [0.4, 0.5) is 5.69 Å². The Labute approximate surface area is 154 Å². The van der Waals surface area contributed by atoms with Gasteiger partial charge in [-0.25, -0.2) is 0 Å². The molecule has 0 atom stereocenters. The largest absolute Gasteiger partial charge is 0.336 e. The maximum absolute atomic E-state index is 12.9. The molecule has 1 N–H and O–H groups in total. The average molecular weight is 351 g/mol. The molecule has 2 aromatic carbocycles. The van der Waals surface area contributed by atoms with E-state index in [2.05, 4.69) is 24.2 Å². The summed E-state index contributed by atoms with van der Waals surface area (Å²) in [5, 5.41) is 2.90. The van der Waals surface area contributed by atoms with Gasteiger partial charge in [-0.05, 0) is 43.3 Å². The number of likely N-dealkylation sites (N-methyl/N-ethyl adjacent to an activating group) is 1. The number of nitrogens with one attached hydrogen (secondary N) is 1. The molecule has 3 rings (SSSR count). The lowest BCUT2D eigenvalue weighted by Crippen LogP contribution is -2.47. The molecule has 0 spiro atoms. The summed E-state index contributed by atoms with van der Waals surface area (Å²) in [4.78, 5) is 29.5.